The summed E-state index contributed by atoms with van der Waals surface area (Å²) in [7, 11) is -3.82. The second-order valence-electron chi connectivity index (χ2n) is 6.58. The lowest BCUT2D eigenvalue weighted by atomic mass is 10.0. The number of rotatable bonds is 7. The molecular weight excluding hydrogens is 370 g/mol. The number of sulfonamides is 1. The first-order valence-corrected chi connectivity index (χ1v) is 10.6. The minimum absolute atomic E-state index is 0.114. The van der Waals surface area contributed by atoms with Crippen LogP contribution >= 0.6 is 0 Å². The van der Waals surface area contributed by atoms with E-state index in [9.17, 15) is 18.5 Å². The molecular formula is C17H27N5O4S. The van der Waals surface area contributed by atoms with E-state index in [1.54, 1.807) is 0 Å². The summed E-state index contributed by atoms with van der Waals surface area (Å²) in [5.41, 5.74) is -0.260. The highest BCUT2D eigenvalue weighted by Gasteiger charge is 2.20. The minimum atomic E-state index is -3.82. The van der Waals surface area contributed by atoms with Crippen LogP contribution < -0.4 is 10.0 Å². The van der Waals surface area contributed by atoms with Crippen molar-refractivity contribution in [3.05, 3.63) is 34.4 Å². The van der Waals surface area contributed by atoms with Gasteiger partial charge in [-0.1, -0.05) is 13.0 Å². The predicted octanol–water partition coefficient (Wildman–Crippen LogP) is 1.57. The van der Waals surface area contributed by atoms with Gasteiger partial charge in [-0.15, -0.1) is 0 Å². The van der Waals surface area contributed by atoms with Gasteiger partial charge in [-0.3, -0.25) is 15.1 Å². The number of aliphatic imine (C=N–C) groups is 1. The van der Waals surface area contributed by atoms with Crippen molar-refractivity contribution in [2.45, 2.75) is 31.6 Å². The summed E-state index contributed by atoms with van der Waals surface area (Å²) in [5, 5.41) is 14.1. The average Bonchev–Trinajstić information content (AvgIpc) is 2.64. The van der Waals surface area contributed by atoms with E-state index in [1.807, 2.05) is 6.92 Å². The van der Waals surface area contributed by atoms with Crippen LogP contribution in [0.4, 0.5) is 5.69 Å². The van der Waals surface area contributed by atoms with Crippen LogP contribution in [-0.4, -0.2) is 56.9 Å². The third-order valence-corrected chi connectivity index (χ3v) is 5.75. The molecule has 0 saturated carbocycles. The molecule has 1 fully saturated rings. The summed E-state index contributed by atoms with van der Waals surface area (Å²) >= 11 is 0. The van der Waals surface area contributed by atoms with Crippen molar-refractivity contribution in [1.82, 2.24) is 14.9 Å². The first kappa shape index (κ1) is 21.1. The Morgan fingerprint density at radius 2 is 2.22 bits per heavy atom. The number of guanidine groups is 1. The quantitative estimate of drug-likeness (QED) is 0.237. The fraction of sp³-hybridized carbons (Fsp3) is 0.588. The lowest BCUT2D eigenvalue weighted by Gasteiger charge is -2.33. The molecule has 1 saturated heterocycles. The van der Waals surface area contributed by atoms with E-state index in [2.05, 4.69) is 26.9 Å². The predicted molar refractivity (Wildman–Crippen MR) is 104 cm³/mol. The second kappa shape index (κ2) is 9.65. The highest BCUT2D eigenvalue weighted by atomic mass is 32.2. The van der Waals surface area contributed by atoms with Gasteiger partial charge in [-0.05, 0) is 31.7 Å². The molecule has 1 aliphatic heterocycles. The lowest BCUT2D eigenvalue weighted by molar-refractivity contribution is -0.385. The van der Waals surface area contributed by atoms with Crippen LogP contribution in [0.15, 0.2) is 34.2 Å². The van der Waals surface area contributed by atoms with Gasteiger partial charge in [0, 0.05) is 38.3 Å². The van der Waals surface area contributed by atoms with Gasteiger partial charge in [0.15, 0.2) is 5.96 Å². The number of nitro benzene ring substituents is 1. The SMILES string of the molecule is CCNC(=NCCNS(=O)(=O)c1cccc([N+](=O)[O-])c1)N1CCCC(C)C1. The normalized spacial score (nSPS) is 18.4. The number of non-ortho nitro benzene ring substituents is 1. The molecule has 0 aromatic heterocycles. The second-order valence-corrected chi connectivity index (χ2v) is 8.35. The molecule has 150 valence electrons. The first-order chi connectivity index (χ1) is 12.8. The molecule has 1 atom stereocenters. The molecule has 0 spiro atoms. The van der Waals surface area contributed by atoms with Gasteiger partial charge in [0.25, 0.3) is 5.69 Å². The Morgan fingerprint density at radius 1 is 1.44 bits per heavy atom. The molecule has 9 nitrogen and oxygen atoms in total. The monoisotopic (exact) mass is 397 g/mol. The molecule has 27 heavy (non-hydrogen) atoms. The highest BCUT2D eigenvalue weighted by Crippen LogP contribution is 2.17. The summed E-state index contributed by atoms with van der Waals surface area (Å²) in [5.74, 6) is 1.40. The molecule has 2 N–H and O–H groups in total. The van der Waals surface area contributed by atoms with E-state index in [1.165, 1.54) is 24.6 Å². The minimum Gasteiger partial charge on any atom is -0.357 e. The van der Waals surface area contributed by atoms with Gasteiger partial charge in [-0.2, -0.15) is 0 Å². The Balaban J connectivity index is 1.97. The van der Waals surface area contributed by atoms with Crippen molar-refractivity contribution in [2.24, 2.45) is 10.9 Å². The van der Waals surface area contributed by atoms with Gasteiger partial charge in [0.05, 0.1) is 16.4 Å². The molecule has 1 aromatic carbocycles. The largest absolute Gasteiger partial charge is 0.357 e. The number of nitrogens with one attached hydrogen (secondary N) is 2. The number of piperidine rings is 1. The third-order valence-electron chi connectivity index (χ3n) is 4.30. The van der Waals surface area contributed by atoms with Crippen LogP contribution in [0.2, 0.25) is 0 Å². The van der Waals surface area contributed by atoms with Crippen LogP contribution in [0.3, 0.4) is 0 Å². The van der Waals surface area contributed by atoms with E-state index < -0.39 is 14.9 Å². The zero-order chi connectivity index (χ0) is 19.9. The third kappa shape index (κ3) is 6.17. The van der Waals surface area contributed by atoms with Crippen LogP contribution in [0.1, 0.15) is 26.7 Å². The van der Waals surface area contributed by atoms with Crippen molar-refractivity contribution in [3.8, 4) is 0 Å². The summed E-state index contributed by atoms with van der Waals surface area (Å²) in [6.45, 7) is 7.21. The zero-order valence-corrected chi connectivity index (χ0v) is 16.5. The van der Waals surface area contributed by atoms with E-state index in [4.69, 9.17) is 0 Å². The molecule has 0 aliphatic carbocycles. The maximum Gasteiger partial charge on any atom is 0.270 e. The van der Waals surface area contributed by atoms with Gasteiger partial charge < -0.3 is 10.2 Å². The van der Waals surface area contributed by atoms with Gasteiger partial charge in [-0.25, -0.2) is 13.1 Å². The summed E-state index contributed by atoms with van der Waals surface area (Å²) in [6, 6.07) is 4.99. The smallest absolute Gasteiger partial charge is 0.270 e. The number of nitro groups is 1. The Morgan fingerprint density at radius 3 is 2.89 bits per heavy atom. The first-order valence-electron chi connectivity index (χ1n) is 9.11. The average molecular weight is 398 g/mol. The summed E-state index contributed by atoms with van der Waals surface area (Å²) < 4.78 is 27.1. The van der Waals surface area contributed by atoms with Crippen LogP contribution in [-0.2, 0) is 10.0 Å². The van der Waals surface area contributed by atoms with E-state index >= 15 is 0 Å². The maximum atomic E-state index is 12.3. The van der Waals surface area contributed by atoms with Crippen molar-refractivity contribution >= 4 is 21.7 Å². The number of benzene rings is 1. The van der Waals surface area contributed by atoms with Crippen molar-refractivity contribution < 1.29 is 13.3 Å². The lowest BCUT2D eigenvalue weighted by Crippen LogP contribution is -2.46. The summed E-state index contributed by atoms with van der Waals surface area (Å²) in [4.78, 5) is 16.8. The van der Waals surface area contributed by atoms with Crippen molar-refractivity contribution in [2.75, 3.05) is 32.7 Å². The molecule has 2 rings (SSSR count). The van der Waals surface area contributed by atoms with Crippen molar-refractivity contribution in [3.63, 3.8) is 0 Å². The van der Waals surface area contributed by atoms with Gasteiger partial charge in [0.1, 0.15) is 0 Å². The Kier molecular flexibility index (Phi) is 7.55. The van der Waals surface area contributed by atoms with E-state index in [0.717, 1.165) is 38.1 Å². The topological polar surface area (TPSA) is 117 Å². The fourth-order valence-electron chi connectivity index (χ4n) is 3.00. The Labute approximate surface area is 160 Å². The molecule has 1 unspecified atom stereocenters. The highest BCUT2D eigenvalue weighted by molar-refractivity contribution is 7.89. The standard InChI is InChI=1S/C17H27N5O4S/c1-3-18-17(21-11-5-6-14(2)13-21)19-9-10-20-27(25,26)16-8-4-7-15(12-16)22(23)24/h4,7-8,12,14,20H,3,5-6,9-11,13H2,1-2H3,(H,18,19). The van der Waals surface area contributed by atoms with Crippen molar-refractivity contribution in [1.29, 1.82) is 0 Å². The Hall–Kier alpha value is -2.20. The maximum absolute atomic E-state index is 12.3. The van der Waals surface area contributed by atoms with Crippen LogP contribution in [0, 0.1) is 16.0 Å². The molecule has 0 bridgehead atoms. The zero-order valence-electron chi connectivity index (χ0n) is 15.7. The molecule has 0 radical (unpaired) electrons. The van der Waals surface area contributed by atoms with Crippen LogP contribution in [0.25, 0.3) is 0 Å². The fourth-order valence-corrected chi connectivity index (χ4v) is 4.06. The number of hydrogen-bond acceptors (Lipinski definition) is 5. The molecule has 1 aliphatic rings. The number of hydrogen-bond donors (Lipinski definition) is 2. The number of likely N-dealkylation sites (tertiary alicyclic amines) is 1. The van der Waals surface area contributed by atoms with Crippen LogP contribution in [0.5, 0.6) is 0 Å². The molecule has 1 aromatic rings. The summed E-state index contributed by atoms with van der Waals surface area (Å²) in [6.07, 6.45) is 2.32. The van der Waals surface area contributed by atoms with E-state index in [-0.39, 0.29) is 23.7 Å². The Bertz CT molecular complexity index is 781. The molecule has 1 heterocycles. The van der Waals surface area contributed by atoms with Gasteiger partial charge >= 0.3 is 0 Å². The number of nitrogens with zero attached hydrogens (tertiary/aromatic N) is 3. The van der Waals surface area contributed by atoms with E-state index in [0.29, 0.717) is 5.92 Å². The van der Waals surface area contributed by atoms with Gasteiger partial charge in [0.2, 0.25) is 10.0 Å². The molecule has 10 heteroatoms. The molecule has 0 amide bonds.